The average molecular weight is 243 g/mol. The van der Waals surface area contributed by atoms with E-state index >= 15 is 0 Å². The molecule has 2 N–H and O–H groups in total. The van der Waals surface area contributed by atoms with Crippen molar-refractivity contribution in [3.8, 4) is 6.07 Å². The lowest BCUT2D eigenvalue weighted by molar-refractivity contribution is 0.557. The van der Waals surface area contributed by atoms with Crippen LogP contribution in [0.5, 0.6) is 0 Å². The van der Waals surface area contributed by atoms with E-state index in [9.17, 15) is 0 Å². The molecule has 0 bridgehead atoms. The lowest BCUT2D eigenvalue weighted by atomic mass is 10.1. The van der Waals surface area contributed by atoms with Gasteiger partial charge < -0.3 is 10.6 Å². The third-order valence-electron chi connectivity index (χ3n) is 3.81. The van der Waals surface area contributed by atoms with Gasteiger partial charge in [-0.05, 0) is 37.5 Å². The van der Waals surface area contributed by atoms with E-state index in [0.29, 0.717) is 11.6 Å². The Hall–Kier alpha value is -1.69. The van der Waals surface area contributed by atoms with Gasteiger partial charge in [0.05, 0.1) is 23.0 Å². The molecule has 2 rings (SSSR count). The highest BCUT2D eigenvalue weighted by Crippen LogP contribution is 2.30. The normalized spacial score (nSPS) is 20.2. The van der Waals surface area contributed by atoms with E-state index in [1.807, 2.05) is 12.1 Å². The molecule has 18 heavy (non-hydrogen) atoms. The minimum Gasteiger partial charge on any atom is -0.397 e. The molecule has 1 aliphatic rings. The van der Waals surface area contributed by atoms with Crippen molar-refractivity contribution < 1.29 is 0 Å². The minimum absolute atomic E-state index is 0.586. The van der Waals surface area contributed by atoms with Crippen molar-refractivity contribution in [1.82, 2.24) is 0 Å². The van der Waals surface area contributed by atoms with Crippen LogP contribution in [0.1, 0.15) is 44.6 Å². The largest absolute Gasteiger partial charge is 0.397 e. The molecule has 0 aliphatic carbocycles. The topological polar surface area (TPSA) is 53.0 Å². The fourth-order valence-corrected chi connectivity index (χ4v) is 2.80. The predicted octanol–water partition coefficient (Wildman–Crippen LogP) is 3.30. The number of nitrogen functional groups attached to an aromatic ring is 1. The molecule has 1 saturated heterocycles. The summed E-state index contributed by atoms with van der Waals surface area (Å²) in [6, 6.07) is 8.37. The Kier molecular flexibility index (Phi) is 4.09. The molecule has 0 aromatic heterocycles. The van der Waals surface area contributed by atoms with Gasteiger partial charge in [0.25, 0.3) is 0 Å². The molecule has 1 fully saturated rings. The maximum absolute atomic E-state index is 8.89. The van der Waals surface area contributed by atoms with Crippen LogP contribution in [0.25, 0.3) is 0 Å². The van der Waals surface area contributed by atoms with Gasteiger partial charge in [0.1, 0.15) is 0 Å². The Bertz CT molecular complexity index is 448. The van der Waals surface area contributed by atoms with E-state index in [-0.39, 0.29) is 0 Å². The number of nitrogens with two attached hydrogens (primary N) is 1. The highest BCUT2D eigenvalue weighted by molar-refractivity contribution is 5.70. The third kappa shape index (κ3) is 2.59. The first-order valence-electron chi connectivity index (χ1n) is 6.82. The van der Waals surface area contributed by atoms with Crippen LogP contribution in [0, 0.1) is 11.3 Å². The van der Waals surface area contributed by atoms with Gasteiger partial charge >= 0.3 is 0 Å². The Morgan fingerprint density at radius 1 is 1.39 bits per heavy atom. The van der Waals surface area contributed by atoms with Gasteiger partial charge in [-0.3, -0.25) is 0 Å². The van der Waals surface area contributed by atoms with Crippen molar-refractivity contribution in [3.05, 3.63) is 23.8 Å². The SMILES string of the molecule is CCC1CCCCCN1c1ccc(C#N)cc1N. The van der Waals surface area contributed by atoms with E-state index in [2.05, 4.69) is 17.9 Å². The molecule has 1 aliphatic heterocycles. The Labute approximate surface area is 109 Å². The monoisotopic (exact) mass is 243 g/mol. The summed E-state index contributed by atoms with van der Waals surface area (Å²) in [7, 11) is 0. The summed E-state index contributed by atoms with van der Waals surface area (Å²) in [5, 5.41) is 8.89. The van der Waals surface area contributed by atoms with E-state index in [1.54, 1.807) is 6.07 Å². The predicted molar refractivity (Wildman–Crippen MR) is 75.5 cm³/mol. The second-order valence-electron chi connectivity index (χ2n) is 4.99. The van der Waals surface area contributed by atoms with Crippen LogP contribution in [0.3, 0.4) is 0 Å². The fourth-order valence-electron chi connectivity index (χ4n) is 2.80. The minimum atomic E-state index is 0.586. The number of nitrogens with zero attached hydrogens (tertiary/aromatic N) is 2. The van der Waals surface area contributed by atoms with Crippen LogP contribution in [-0.4, -0.2) is 12.6 Å². The number of anilines is 2. The molecule has 0 radical (unpaired) electrons. The molecule has 1 atom stereocenters. The van der Waals surface area contributed by atoms with Gasteiger partial charge in [0.2, 0.25) is 0 Å². The number of rotatable bonds is 2. The molecule has 3 nitrogen and oxygen atoms in total. The fraction of sp³-hybridized carbons (Fsp3) is 0.533. The van der Waals surface area contributed by atoms with Gasteiger partial charge in [0, 0.05) is 12.6 Å². The maximum atomic E-state index is 8.89. The van der Waals surface area contributed by atoms with Gasteiger partial charge in [0.15, 0.2) is 0 Å². The van der Waals surface area contributed by atoms with Crippen molar-refractivity contribution in [2.75, 3.05) is 17.2 Å². The summed E-state index contributed by atoms with van der Waals surface area (Å²) in [4.78, 5) is 2.43. The molecule has 1 heterocycles. The zero-order valence-electron chi connectivity index (χ0n) is 11.0. The highest BCUT2D eigenvalue weighted by atomic mass is 15.2. The van der Waals surface area contributed by atoms with E-state index in [0.717, 1.165) is 24.3 Å². The second kappa shape index (κ2) is 5.77. The van der Waals surface area contributed by atoms with Crippen molar-refractivity contribution in [1.29, 1.82) is 5.26 Å². The molecule has 1 aromatic rings. The van der Waals surface area contributed by atoms with Crippen molar-refractivity contribution in [2.45, 2.75) is 45.1 Å². The number of benzene rings is 1. The van der Waals surface area contributed by atoms with Gasteiger partial charge in [-0.1, -0.05) is 19.8 Å². The smallest absolute Gasteiger partial charge is 0.0992 e. The van der Waals surface area contributed by atoms with Crippen LogP contribution in [0.2, 0.25) is 0 Å². The number of hydrogen-bond acceptors (Lipinski definition) is 3. The summed E-state index contributed by atoms with van der Waals surface area (Å²) in [6.45, 7) is 3.32. The summed E-state index contributed by atoms with van der Waals surface area (Å²) in [5.41, 5.74) is 8.57. The van der Waals surface area contributed by atoms with Crippen molar-refractivity contribution >= 4 is 11.4 Å². The second-order valence-corrected chi connectivity index (χ2v) is 4.99. The molecule has 1 unspecified atom stereocenters. The van der Waals surface area contributed by atoms with Crippen LogP contribution in [0.15, 0.2) is 18.2 Å². The maximum Gasteiger partial charge on any atom is 0.0992 e. The van der Waals surface area contributed by atoms with E-state index in [4.69, 9.17) is 11.0 Å². The summed E-state index contributed by atoms with van der Waals surface area (Å²) < 4.78 is 0. The van der Waals surface area contributed by atoms with Crippen LogP contribution < -0.4 is 10.6 Å². The number of nitriles is 1. The molecule has 0 spiro atoms. The van der Waals surface area contributed by atoms with Crippen LogP contribution in [0.4, 0.5) is 11.4 Å². The third-order valence-corrected chi connectivity index (χ3v) is 3.81. The van der Waals surface area contributed by atoms with Crippen molar-refractivity contribution in [2.24, 2.45) is 0 Å². The van der Waals surface area contributed by atoms with Crippen molar-refractivity contribution in [3.63, 3.8) is 0 Å². The molecular formula is C15H21N3. The Morgan fingerprint density at radius 3 is 2.89 bits per heavy atom. The Morgan fingerprint density at radius 2 is 2.22 bits per heavy atom. The first-order chi connectivity index (χ1) is 8.76. The van der Waals surface area contributed by atoms with Gasteiger partial charge in [-0.2, -0.15) is 5.26 Å². The van der Waals surface area contributed by atoms with E-state index in [1.165, 1.54) is 25.7 Å². The van der Waals surface area contributed by atoms with E-state index < -0.39 is 0 Å². The molecule has 96 valence electrons. The summed E-state index contributed by atoms with van der Waals surface area (Å²) >= 11 is 0. The zero-order valence-corrected chi connectivity index (χ0v) is 11.0. The van der Waals surface area contributed by atoms with Gasteiger partial charge in [-0.15, -0.1) is 0 Å². The molecule has 0 saturated carbocycles. The first-order valence-corrected chi connectivity index (χ1v) is 6.82. The quantitative estimate of drug-likeness (QED) is 0.811. The van der Waals surface area contributed by atoms with Crippen LogP contribution >= 0.6 is 0 Å². The molecule has 0 amide bonds. The zero-order chi connectivity index (χ0) is 13.0. The lowest BCUT2D eigenvalue weighted by Gasteiger charge is -2.32. The van der Waals surface area contributed by atoms with Gasteiger partial charge in [-0.25, -0.2) is 0 Å². The first kappa shape index (κ1) is 12.8. The standard InChI is InChI=1S/C15H21N3/c1-2-13-6-4-3-5-9-18(13)15-8-7-12(11-16)10-14(15)17/h7-8,10,13H,2-6,9,17H2,1H3. The highest BCUT2D eigenvalue weighted by Gasteiger charge is 2.21. The van der Waals surface area contributed by atoms with Crippen LogP contribution in [-0.2, 0) is 0 Å². The summed E-state index contributed by atoms with van der Waals surface area (Å²) in [6.07, 6.45) is 6.25. The summed E-state index contributed by atoms with van der Waals surface area (Å²) in [5.74, 6) is 0. The molecular weight excluding hydrogens is 222 g/mol. The lowest BCUT2D eigenvalue weighted by Crippen LogP contribution is -2.34. The number of hydrogen-bond donors (Lipinski definition) is 1. The average Bonchev–Trinajstić information content (AvgIpc) is 2.63. The Balaban J connectivity index is 2.30. The molecule has 3 heteroatoms. The molecule has 1 aromatic carbocycles.